The summed E-state index contributed by atoms with van der Waals surface area (Å²) < 4.78 is 4.88. The van der Waals surface area contributed by atoms with Crippen LogP contribution >= 0.6 is 0 Å². The zero-order valence-electron chi connectivity index (χ0n) is 12.5. The number of esters is 1. The molecule has 0 aliphatic rings. The van der Waals surface area contributed by atoms with E-state index in [9.17, 15) is 9.59 Å². The van der Waals surface area contributed by atoms with Gasteiger partial charge in [-0.2, -0.15) is 0 Å². The number of carboxylic acid groups (broad SMARTS) is 1. The molecule has 0 aromatic carbocycles. The van der Waals surface area contributed by atoms with E-state index in [2.05, 4.69) is 13.8 Å². The first-order chi connectivity index (χ1) is 8.97. The summed E-state index contributed by atoms with van der Waals surface area (Å²) in [6.45, 7) is 6.11. The second-order valence-corrected chi connectivity index (χ2v) is 5.41. The number of unbranched alkanes of at least 4 members (excludes halogenated alkanes) is 4. The van der Waals surface area contributed by atoms with E-state index in [1.54, 1.807) is 6.92 Å². The molecular weight excluding hydrogens is 244 g/mol. The number of rotatable bonds is 11. The van der Waals surface area contributed by atoms with E-state index in [4.69, 9.17) is 9.84 Å². The summed E-state index contributed by atoms with van der Waals surface area (Å²) in [6, 6.07) is 0. The lowest BCUT2D eigenvalue weighted by Gasteiger charge is -2.13. The van der Waals surface area contributed by atoms with Crippen molar-refractivity contribution < 1.29 is 19.4 Å². The zero-order valence-corrected chi connectivity index (χ0v) is 12.5. The van der Waals surface area contributed by atoms with Crippen LogP contribution in [0.3, 0.4) is 0 Å². The number of carbonyl (C=O) groups is 2. The highest BCUT2D eigenvalue weighted by Gasteiger charge is 2.20. The van der Waals surface area contributed by atoms with E-state index >= 15 is 0 Å². The quantitative estimate of drug-likeness (QED) is 0.459. The van der Waals surface area contributed by atoms with Crippen LogP contribution in [0.1, 0.15) is 72.1 Å². The average molecular weight is 272 g/mol. The minimum Gasteiger partial charge on any atom is -0.479 e. The second kappa shape index (κ2) is 10.8. The number of hydrogen-bond donors (Lipinski definition) is 1. The standard InChI is InChI=1S/C15H28O4/c1-4-14(16)19-13(15(17)18)11-9-7-5-6-8-10-12(2)3/h12-13H,4-11H2,1-3H3,(H,17,18). The number of aliphatic carboxylic acids is 1. The van der Waals surface area contributed by atoms with Gasteiger partial charge in [-0.3, -0.25) is 4.79 Å². The third kappa shape index (κ3) is 10.5. The van der Waals surface area contributed by atoms with Gasteiger partial charge in [0.25, 0.3) is 0 Å². The van der Waals surface area contributed by atoms with Crippen molar-refractivity contribution in [1.82, 2.24) is 0 Å². The fraction of sp³-hybridized carbons (Fsp3) is 0.867. The van der Waals surface area contributed by atoms with Crippen molar-refractivity contribution in [2.75, 3.05) is 0 Å². The Hall–Kier alpha value is -1.06. The Balaban J connectivity index is 3.65. The largest absolute Gasteiger partial charge is 0.479 e. The first-order valence-corrected chi connectivity index (χ1v) is 7.39. The van der Waals surface area contributed by atoms with Gasteiger partial charge in [-0.25, -0.2) is 4.79 Å². The molecule has 1 unspecified atom stereocenters. The van der Waals surface area contributed by atoms with Crippen molar-refractivity contribution in [2.45, 2.75) is 78.2 Å². The molecule has 4 nitrogen and oxygen atoms in total. The van der Waals surface area contributed by atoms with Crippen molar-refractivity contribution in [3.63, 3.8) is 0 Å². The van der Waals surface area contributed by atoms with E-state index in [0.29, 0.717) is 6.42 Å². The predicted octanol–water partition coefficient (Wildman–Crippen LogP) is 3.78. The van der Waals surface area contributed by atoms with Gasteiger partial charge in [-0.15, -0.1) is 0 Å². The molecule has 112 valence electrons. The summed E-state index contributed by atoms with van der Waals surface area (Å²) in [5, 5.41) is 8.94. The Kier molecular flexibility index (Phi) is 10.2. The van der Waals surface area contributed by atoms with Crippen LogP contribution < -0.4 is 0 Å². The molecule has 0 aliphatic heterocycles. The lowest BCUT2D eigenvalue weighted by molar-refractivity contribution is -0.164. The molecule has 0 aromatic heterocycles. The average Bonchev–Trinajstić information content (AvgIpc) is 2.35. The third-order valence-corrected chi connectivity index (χ3v) is 3.09. The highest BCUT2D eigenvalue weighted by atomic mass is 16.6. The molecule has 0 saturated heterocycles. The minimum absolute atomic E-state index is 0.221. The van der Waals surface area contributed by atoms with Gasteiger partial charge in [0, 0.05) is 6.42 Å². The summed E-state index contributed by atoms with van der Waals surface area (Å²) in [4.78, 5) is 22.0. The van der Waals surface area contributed by atoms with Gasteiger partial charge >= 0.3 is 11.9 Å². The smallest absolute Gasteiger partial charge is 0.345 e. The molecular formula is C15H28O4. The maximum absolute atomic E-state index is 11.1. The third-order valence-electron chi connectivity index (χ3n) is 3.09. The second-order valence-electron chi connectivity index (χ2n) is 5.41. The van der Waals surface area contributed by atoms with Crippen LogP contribution in [0.15, 0.2) is 0 Å². The Morgan fingerprint density at radius 2 is 1.53 bits per heavy atom. The number of carboxylic acids is 1. The van der Waals surface area contributed by atoms with Crippen molar-refractivity contribution in [3.05, 3.63) is 0 Å². The lowest BCUT2D eigenvalue weighted by Crippen LogP contribution is -2.26. The van der Waals surface area contributed by atoms with Crippen molar-refractivity contribution in [2.24, 2.45) is 5.92 Å². The molecule has 0 radical (unpaired) electrons. The van der Waals surface area contributed by atoms with Crippen LogP contribution in [0.4, 0.5) is 0 Å². The highest BCUT2D eigenvalue weighted by Crippen LogP contribution is 2.13. The van der Waals surface area contributed by atoms with Gasteiger partial charge in [0.15, 0.2) is 6.10 Å². The molecule has 0 aliphatic carbocycles. The number of carbonyl (C=O) groups excluding carboxylic acids is 1. The Labute approximate surface area is 116 Å². The fourth-order valence-electron chi connectivity index (χ4n) is 1.89. The summed E-state index contributed by atoms with van der Waals surface area (Å²) in [6.07, 6.45) is 6.30. The molecule has 0 bridgehead atoms. The topological polar surface area (TPSA) is 63.6 Å². The van der Waals surface area contributed by atoms with E-state index in [1.807, 2.05) is 0 Å². The SMILES string of the molecule is CCC(=O)OC(CCCCCCCC(C)C)C(=O)O. The Bertz CT molecular complexity index is 261. The van der Waals surface area contributed by atoms with Crippen molar-refractivity contribution >= 4 is 11.9 Å². The minimum atomic E-state index is -1.04. The molecule has 0 rings (SSSR count). The number of ether oxygens (including phenoxy) is 1. The van der Waals surface area contributed by atoms with Gasteiger partial charge in [0.2, 0.25) is 0 Å². The highest BCUT2D eigenvalue weighted by molar-refractivity contribution is 5.77. The van der Waals surface area contributed by atoms with E-state index in [1.165, 1.54) is 19.3 Å². The molecule has 0 spiro atoms. The van der Waals surface area contributed by atoms with E-state index in [-0.39, 0.29) is 6.42 Å². The van der Waals surface area contributed by atoms with Crippen LogP contribution in [0, 0.1) is 5.92 Å². The van der Waals surface area contributed by atoms with Crippen LogP contribution in [-0.2, 0) is 14.3 Å². The molecule has 0 saturated carbocycles. The van der Waals surface area contributed by atoms with E-state index in [0.717, 1.165) is 25.2 Å². The lowest BCUT2D eigenvalue weighted by atomic mass is 10.0. The maximum atomic E-state index is 11.1. The Morgan fingerprint density at radius 1 is 1.00 bits per heavy atom. The molecule has 0 amide bonds. The van der Waals surface area contributed by atoms with Crippen LogP contribution in [-0.4, -0.2) is 23.1 Å². The molecule has 4 heteroatoms. The van der Waals surface area contributed by atoms with Gasteiger partial charge < -0.3 is 9.84 Å². The fourth-order valence-corrected chi connectivity index (χ4v) is 1.89. The number of hydrogen-bond acceptors (Lipinski definition) is 3. The van der Waals surface area contributed by atoms with Gasteiger partial charge in [0.1, 0.15) is 0 Å². The molecule has 0 fully saturated rings. The van der Waals surface area contributed by atoms with Gasteiger partial charge in [-0.1, -0.05) is 52.9 Å². The molecule has 0 heterocycles. The summed E-state index contributed by atoms with van der Waals surface area (Å²) in [5.74, 6) is -0.726. The van der Waals surface area contributed by atoms with Crippen molar-refractivity contribution in [3.8, 4) is 0 Å². The predicted molar refractivity (Wildman–Crippen MR) is 75.0 cm³/mol. The van der Waals surface area contributed by atoms with Crippen molar-refractivity contribution in [1.29, 1.82) is 0 Å². The first kappa shape index (κ1) is 17.9. The zero-order chi connectivity index (χ0) is 14.7. The molecule has 0 aromatic rings. The molecule has 19 heavy (non-hydrogen) atoms. The van der Waals surface area contributed by atoms with Gasteiger partial charge in [-0.05, 0) is 18.8 Å². The normalized spacial score (nSPS) is 12.4. The van der Waals surface area contributed by atoms with Gasteiger partial charge in [0.05, 0.1) is 0 Å². The van der Waals surface area contributed by atoms with E-state index < -0.39 is 18.0 Å². The monoisotopic (exact) mass is 272 g/mol. The summed E-state index contributed by atoms with van der Waals surface area (Å²) in [7, 11) is 0. The summed E-state index contributed by atoms with van der Waals surface area (Å²) in [5.41, 5.74) is 0. The maximum Gasteiger partial charge on any atom is 0.345 e. The van der Waals surface area contributed by atoms with Crippen LogP contribution in [0.2, 0.25) is 0 Å². The first-order valence-electron chi connectivity index (χ1n) is 7.39. The summed E-state index contributed by atoms with van der Waals surface area (Å²) >= 11 is 0. The Morgan fingerprint density at radius 3 is 2.00 bits per heavy atom. The van der Waals surface area contributed by atoms with Crippen LogP contribution in [0.5, 0.6) is 0 Å². The molecule has 1 N–H and O–H groups in total. The van der Waals surface area contributed by atoms with Crippen LogP contribution in [0.25, 0.3) is 0 Å². The molecule has 1 atom stereocenters.